The molecule has 0 aromatic carbocycles. The van der Waals surface area contributed by atoms with Crippen LogP contribution in [0.2, 0.25) is 36.3 Å². The summed E-state index contributed by atoms with van der Waals surface area (Å²) in [6.07, 6.45) is -2.70. The van der Waals surface area contributed by atoms with Crippen molar-refractivity contribution in [2.75, 3.05) is 13.7 Å². The number of carbonyl (C=O) groups is 2. The Morgan fingerprint density at radius 1 is 1.04 bits per heavy atom. The van der Waals surface area contributed by atoms with E-state index in [1.165, 1.54) is 20.2 Å². The van der Waals surface area contributed by atoms with Crippen LogP contribution in [0, 0.1) is 6.92 Å². The summed E-state index contributed by atoms with van der Waals surface area (Å²) in [5.74, 6) is -2.52. The topological polar surface area (TPSA) is 170 Å². The number of hydrogen-bond donors (Lipinski definition) is 1. The van der Waals surface area contributed by atoms with Gasteiger partial charge < -0.3 is 23.6 Å². The Hall–Kier alpha value is -2.42. The first-order chi connectivity index (χ1) is 20.2. The van der Waals surface area contributed by atoms with Gasteiger partial charge in [-0.1, -0.05) is 41.5 Å². The number of methoxy groups -OCH3 is 1. The zero-order valence-electron chi connectivity index (χ0n) is 28.4. The van der Waals surface area contributed by atoms with Crippen molar-refractivity contribution in [3.63, 3.8) is 0 Å². The van der Waals surface area contributed by atoms with Crippen LogP contribution >= 0.6 is 0 Å². The molecule has 1 aromatic rings. The number of aromatic nitrogens is 2. The lowest BCUT2D eigenvalue weighted by molar-refractivity contribution is -0.152. The maximum Gasteiger partial charge on any atom is 0.396 e. The zero-order chi connectivity index (χ0) is 34.7. The molecule has 2 aliphatic rings. The van der Waals surface area contributed by atoms with Gasteiger partial charge in [0.2, 0.25) is 0 Å². The Balaban J connectivity index is 2.38. The number of nitrogens with one attached hydrogen (secondary N) is 1. The summed E-state index contributed by atoms with van der Waals surface area (Å²) >= 11 is 0. The van der Waals surface area contributed by atoms with E-state index in [-0.39, 0.29) is 22.9 Å². The molecule has 14 nitrogen and oxygen atoms in total. The first-order valence-corrected chi connectivity index (χ1v) is 21.8. The Bertz CT molecular complexity index is 1620. The molecule has 3 rings (SSSR count). The van der Waals surface area contributed by atoms with E-state index in [2.05, 4.69) is 10.1 Å². The van der Waals surface area contributed by atoms with E-state index in [0.29, 0.717) is 5.41 Å². The molecular formula is C28H47N3O11SSi2. The van der Waals surface area contributed by atoms with E-state index < -0.39 is 79.0 Å². The van der Waals surface area contributed by atoms with Gasteiger partial charge in [0.25, 0.3) is 15.7 Å². The van der Waals surface area contributed by atoms with Crippen LogP contribution in [0.1, 0.15) is 53.3 Å². The largest absolute Gasteiger partial charge is 0.462 e. The summed E-state index contributed by atoms with van der Waals surface area (Å²) in [4.78, 5) is 51.3. The van der Waals surface area contributed by atoms with E-state index in [4.69, 9.17) is 17.8 Å². The molecule has 2 aliphatic heterocycles. The molecule has 0 radical (unpaired) electrons. The lowest BCUT2D eigenvalue weighted by Gasteiger charge is -2.44. The van der Waals surface area contributed by atoms with Crippen molar-refractivity contribution in [2.45, 2.75) is 109 Å². The molecule has 3 heterocycles. The van der Waals surface area contributed by atoms with Gasteiger partial charge in [-0.05, 0) is 43.2 Å². The molecule has 1 saturated heterocycles. The van der Waals surface area contributed by atoms with Crippen LogP contribution in [-0.4, -0.2) is 77.6 Å². The normalized spacial score (nSPS) is 25.4. The van der Waals surface area contributed by atoms with Crippen molar-refractivity contribution in [3.8, 4) is 0 Å². The maximum absolute atomic E-state index is 13.6. The molecule has 4 atom stereocenters. The third-order valence-corrected chi connectivity index (χ3v) is 19.4. The minimum Gasteiger partial charge on any atom is -0.462 e. The fourth-order valence-electron chi connectivity index (χ4n) is 4.60. The van der Waals surface area contributed by atoms with Crippen molar-refractivity contribution in [1.29, 1.82) is 0 Å². The molecule has 1 aromatic heterocycles. The number of aryl methyl sites for hydroxylation is 1. The Kier molecular flexibility index (Phi) is 9.87. The van der Waals surface area contributed by atoms with Gasteiger partial charge in [0.05, 0.1) is 24.8 Å². The molecule has 0 bridgehead atoms. The smallest absolute Gasteiger partial charge is 0.396 e. The van der Waals surface area contributed by atoms with Gasteiger partial charge in [0.15, 0.2) is 28.5 Å². The monoisotopic (exact) mass is 689 g/mol. The van der Waals surface area contributed by atoms with E-state index in [1.54, 1.807) is 0 Å². The molecule has 45 heavy (non-hydrogen) atoms. The Morgan fingerprint density at radius 2 is 1.60 bits per heavy atom. The van der Waals surface area contributed by atoms with Crippen molar-refractivity contribution in [2.24, 2.45) is 7.05 Å². The highest BCUT2D eigenvalue weighted by Crippen LogP contribution is 2.52. The number of nitrogens with zero attached hydrogens (tertiary/aromatic N) is 2. The molecule has 1 fully saturated rings. The third-order valence-electron chi connectivity index (χ3n) is 9.41. The van der Waals surface area contributed by atoms with Crippen molar-refractivity contribution in [3.05, 3.63) is 43.7 Å². The first kappa shape index (κ1) is 37.0. The van der Waals surface area contributed by atoms with Gasteiger partial charge in [-0.3, -0.25) is 18.7 Å². The zero-order valence-corrected chi connectivity index (χ0v) is 31.2. The van der Waals surface area contributed by atoms with E-state index in [0.717, 1.165) is 16.2 Å². The van der Waals surface area contributed by atoms with Gasteiger partial charge >= 0.3 is 17.6 Å². The minimum atomic E-state index is -4.50. The predicted octanol–water partition coefficient (Wildman–Crippen LogP) is 2.39. The number of ether oxygens (including phenoxy) is 2. The summed E-state index contributed by atoms with van der Waals surface area (Å²) in [6.45, 7) is 21.2. The highest BCUT2D eigenvalue weighted by atomic mass is 32.2. The Labute approximate surface area is 266 Å². The highest BCUT2D eigenvalue weighted by Gasteiger charge is 2.68. The molecule has 1 N–H and O–H groups in total. The number of carbonyl (C=O) groups excluding carboxylic acids is 2. The van der Waals surface area contributed by atoms with Crippen LogP contribution in [0.25, 0.3) is 0 Å². The van der Waals surface area contributed by atoms with E-state index >= 15 is 0 Å². The van der Waals surface area contributed by atoms with Crippen LogP contribution in [0.3, 0.4) is 0 Å². The van der Waals surface area contributed by atoms with Crippen molar-refractivity contribution >= 4 is 38.6 Å². The number of rotatable bonds is 7. The summed E-state index contributed by atoms with van der Waals surface area (Å²) in [5.41, 5.74) is -3.49. The van der Waals surface area contributed by atoms with Gasteiger partial charge in [-0.2, -0.15) is 8.42 Å². The second kappa shape index (κ2) is 12.0. The SMILES string of the molecule is COC(=O)C(=O)NC1=CS(=O)(=O)OC12[C@@H](CO[Si](C)(C)C(C)(C)C)O[C@@H](n1cc(C)c(=O)n(C)c1=O)[C@@H]2O[Si](C)(C)C(C)(C)C. The number of amides is 1. The molecule has 1 unspecified atom stereocenters. The third kappa shape index (κ3) is 6.84. The van der Waals surface area contributed by atoms with E-state index in [1.807, 2.05) is 67.7 Å². The van der Waals surface area contributed by atoms with Gasteiger partial charge in [0.1, 0.15) is 12.2 Å². The molecule has 0 aliphatic carbocycles. The molecule has 1 spiro atoms. The minimum absolute atomic E-state index is 0.217. The van der Waals surface area contributed by atoms with Crippen molar-refractivity contribution < 1.29 is 40.5 Å². The summed E-state index contributed by atoms with van der Waals surface area (Å²) in [5, 5.41) is 2.39. The van der Waals surface area contributed by atoms with Gasteiger partial charge in [0, 0.05) is 18.8 Å². The quantitative estimate of drug-likeness (QED) is 0.193. The molecule has 1 amide bonds. The van der Waals surface area contributed by atoms with Crippen LogP contribution < -0.4 is 16.6 Å². The number of hydrogen-bond acceptors (Lipinski definition) is 11. The van der Waals surface area contributed by atoms with E-state index in [9.17, 15) is 27.6 Å². The second-order valence-corrected chi connectivity index (χ2v) is 25.6. The molecule has 17 heteroatoms. The van der Waals surface area contributed by atoms with Crippen LogP contribution in [0.15, 0.2) is 26.9 Å². The summed E-state index contributed by atoms with van der Waals surface area (Å²) < 4.78 is 59.0. The molecule has 254 valence electrons. The first-order valence-electron chi connectivity index (χ1n) is 14.6. The lowest BCUT2D eigenvalue weighted by atomic mass is 9.89. The van der Waals surface area contributed by atoms with Crippen LogP contribution in [0.4, 0.5) is 0 Å². The standard InChI is InChI=1S/C28H47N3O11SSi2/c1-17-14-31(25(35)30(8)22(17)33)23-20(41-45(12,13)27(5,6)7)28(19(40-23)15-39-44(10,11)26(2,3)4)18(16-43(36,37)42-28)29-21(32)24(34)38-9/h14,16,19-20,23H,15H2,1-13H3,(H,29,32)/t19-,20+,23-,28?/m1/s1. The van der Waals surface area contributed by atoms with Crippen molar-refractivity contribution in [1.82, 2.24) is 14.5 Å². The van der Waals surface area contributed by atoms with Gasteiger partial charge in [-0.15, -0.1) is 0 Å². The molecule has 0 saturated carbocycles. The fraction of sp³-hybridized carbons (Fsp3) is 0.714. The predicted molar refractivity (Wildman–Crippen MR) is 171 cm³/mol. The average molecular weight is 690 g/mol. The average Bonchev–Trinajstić information content (AvgIpc) is 3.33. The Morgan fingerprint density at radius 3 is 2.11 bits per heavy atom. The highest BCUT2D eigenvalue weighted by molar-refractivity contribution is 7.90. The van der Waals surface area contributed by atoms with Crippen LogP contribution in [-0.2, 0) is 49.3 Å². The number of esters is 1. The maximum atomic E-state index is 13.6. The lowest BCUT2D eigenvalue weighted by Crippen LogP contribution is -2.60. The summed E-state index contributed by atoms with van der Waals surface area (Å²) in [6, 6.07) is 0. The van der Waals surface area contributed by atoms with Crippen LogP contribution in [0.5, 0.6) is 0 Å². The van der Waals surface area contributed by atoms with Gasteiger partial charge in [-0.25, -0.2) is 13.8 Å². The fourth-order valence-corrected chi connectivity index (χ4v) is 8.13. The second-order valence-electron chi connectivity index (χ2n) is 14.6. The molecular weight excluding hydrogens is 643 g/mol. The summed E-state index contributed by atoms with van der Waals surface area (Å²) in [7, 11) is -7.54.